The number of anilines is 1. The smallest absolute Gasteiger partial charge is 0.272 e. The minimum atomic E-state index is -0.407. The number of piperazine rings is 1. The van der Waals surface area contributed by atoms with Crippen molar-refractivity contribution in [2.75, 3.05) is 38.2 Å². The standard InChI is InChI=1S/C27H25N5O4/c1-36-24-13-11-22(12-14-24)31-26(19-25(28-31)20-5-3-2-4-6-20)27(33)30-17-15-29(16-18-30)21-7-9-23(10-8-21)32(34)35/h2-14,19H,15-18H2,1H3. The molecule has 1 aliphatic rings. The molecule has 0 spiro atoms. The van der Waals surface area contributed by atoms with E-state index >= 15 is 0 Å². The largest absolute Gasteiger partial charge is 0.497 e. The van der Waals surface area contributed by atoms with Crippen molar-refractivity contribution in [3.8, 4) is 22.7 Å². The van der Waals surface area contributed by atoms with E-state index in [1.807, 2.05) is 65.6 Å². The highest BCUT2D eigenvalue weighted by Crippen LogP contribution is 2.25. The van der Waals surface area contributed by atoms with E-state index in [4.69, 9.17) is 9.84 Å². The van der Waals surface area contributed by atoms with Gasteiger partial charge in [0.05, 0.1) is 23.4 Å². The summed E-state index contributed by atoms with van der Waals surface area (Å²) in [6.07, 6.45) is 0. The van der Waals surface area contributed by atoms with Crippen LogP contribution in [0.4, 0.5) is 11.4 Å². The number of non-ortho nitro benzene ring substituents is 1. The molecule has 36 heavy (non-hydrogen) atoms. The van der Waals surface area contributed by atoms with Crippen LogP contribution in [0.15, 0.2) is 84.9 Å². The van der Waals surface area contributed by atoms with Gasteiger partial charge in [-0.3, -0.25) is 14.9 Å². The van der Waals surface area contributed by atoms with Crippen LogP contribution >= 0.6 is 0 Å². The highest BCUT2D eigenvalue weighted by Gasteiger charge is 2.26. The molecule has 0 unspecified atom stereocenters. The maximum atomic E-state index is 13.7. The molecule has 9 heteroatoms. The third kappa shape index (κ3) is 4.63. The van der Waals surface area contributed by atoms with Crippen LogP contribution in [0.3, 0.4) is 0 Å². The van der Waals surface area contributed by atoms with Crippen LogP contribution in [-0.2, 0) is 0 Å². The van der Waals surface area contributed by atoms with Crippen LogP contribution < -0.4 is 9.64 Å². The van der Waals surface area contributed by atoms with Gasteiger partial charge in [-0.25, -0.2) is 4.68 Å². The van der Waals surface area contributed by atoms with Crippen LogP contribution in [0.2, 0.25) is 0 Å². The monoisotopic (exact) mass is 483 g/mol. The van der Waals surface area contributed by atoms with Crippen molar-refractivity contribution in [2.24, 2.45) is 0 Å². The molecular weight excluding hydrogens is 458 g/mol. The molecule has 0 saturated carbocycles. The number of benzene rings is 3. The summed E-state index contributed by atoms with van der Waals surface area (Å²) < 4.78 is 6.96. The number of amides is 1. The fraction of sp³-hybridized carbons (Fsp3) is 0.185. The number of methoxy groups -OCH3 is 1. The number of carbonyl (C=O) groups excluding carboxylic acids is 1. The number of rotatable bonds is 6. The summed E-state index contributed by atoms with van der Waals surface area (Å²) in [6.45, 7) is 2.33. The van der Waals surface area contributed by atoms with Gasteiger partial charge in [0.15, 0.2) is 0 Å². The Balaban J connectivity index is 1.38. The lowest BCUT2D eigenvalue weighted by molar-refractivity contribution is -0.384. The number of nitro groups is 1. The molecule has 5 rings (SSSR count). The Labute approximate surface area is 208 Å². The zero-order valence-electron chi connectivity index (χ0n) is 19.8. The molecule has 0 N–H and O–H groups in total. The number of carbonyl (C=O) groups is 1. The predicted octanol–water partition coefficient (Wildman–Crippen LogP) is 4.42. The summed E-state index contributed by atoms with van der Waals surface area (Å²) in [4.78, 5) is 28.2. The Hall–Kier alpha value is -4.66. The first kappa shape index (κ1) is 23.1. The molecule has 1 fully saturated rings. The second-order valence-electron chi connectivity index (χ2n) is 8.44. The quantitative estimate of drug-likeness (QED) is 0.298. The van der Waals surface area contributed by atoms with Crippen molar-refractivity contribution in [2.45, 2.75) is 0 Å². The number of hydrogen-bond acceptors (Lipinski definition) is 6. The molecule has 1 amide bonds. The Morgan fingerprint density at radius 3 is 2.14 bits per heavy atom. The van der Waals surface area contributed by atoms with Crippen LogP contribution in [0.25, 0.3) is 16.9 Å². The lowest BCUT2D eigenvalue weighted by atomic mass is 10.1. The number of nitro benzene ring substituents is 1. The van der Waals surface area contributed by atoms with Crippen LogP contribution in [0, 0.1) is 10.1 Å². The van der Waals surface area contributed by atoms with Gasteiger partial charge in [-0.2, -0.15) is 5.10 Å². The molecular formula is C27H25N5O4. The lowest BCUT2D eigenvalue weighted by Crippen LogP contribution is -2.49. The van der Waals surface area contributed by atoms with Crippen LogP contribution in [0.1, 0.15) is 10.5 Å². The van der Waals surface area contributed by atoms with Gasteiger partial charge in [0.25, 0.3) is 11.6 Å². The molecule has 182 valence electrons. The van der Waals surface area contributed by atoms with Gasteiger partial charge >= 0.3 is 0 Å². The third-order valence-electron chi connectivity index (χ3n) is 6.31. The van der Waals surface area contributed by atoms with E-state index < -0.39 is 4.92 Å². The minimum Gasteiger partial charge on any atom is -0.497 e. The molecule has 2 heterocycles. The highest BCUT2D eigenvalue weighted by molar-refractivity contribution is 5.94. The topological polar surface area (TPSA) is 93.7 Å². The average Bonchev–Trinajstić information content (AvgIpc) is 3.39. The summed E-state index contributed by atoms with van der Waals surface area (Å²) in [6, 6.07) is 25.6. The highest BCUT2D eigenvalue weighted by atomic mass is 16.6. The fourth-order valence-electron chi connectivity index (χ4n) is 4.32. The van der Waals surface area contributed by atoms with Gasteiger partial charge in [-0.05, 0) is 42.5 Å². The molecule has 0 atom stereocenters. The number of ether oxygens (including phenoxy) is 1. The van der Waals surface area contributed by atoms with Crippen LogP contribution in [-0.4, -0.2) is 58.8 Å². The zero-order chi connectivity index (χ0) is 25.1. The molecule has 0 aliphatic carbocycles. The van der Waals surface area contributed by atoms with Crippen molar-refractivity contribution in [1.82, 2.24) is 14.7 Å². The number of aromatic nitrogens is 2. The molecule has 4 aromatic rings. The first-order valence-corrected chi connectivity index (χ1v) is 11.6. The minimum absolute atomic E-state index is 0.0635. The Morgan fingerprint density at radius 2 is 1.53 bits per heavy atom. The van der Waals surface area contributed by atoms with Gasteiger partial charge in [-0.1, -0.05) is 30.3 Å². The van der Waals surface area contributed by atoms with Crippen molar-refractivity contribution >= 4 is 17.3 Å². The van der Waals surface area contributed by atoms with Crippen molar-refractivity contribution < 1.29 is 14.5 Å². The van der Waals surface area contributed by atoms with E-state index in [9.17, 15) is 14.9 Å². The third-order valence-corrected chi connectivity index (χ3v) is 6.31. The maximum absolute atomic E-state index is 13.7. The molecule has 0 radical (unpaired) electrons. The summed E-state index contributed by atoms with van der Waals surface area (Å²) in [5.41, 5.74) is 3.88. The predicted molar refractivity (Wildman–Crippen MR) is 137 cm³/mol. The SMILES string of the molecule is COc1ccc(-n2nc(-c3ccccc3)cc2C(=O)N2CCN(c3ccc([N+](=O)[O-])cc3)CC2)cc1. The van der Waals surface area contributed by atoms with E-state index in [-0.39, 0.29) is 11.6 Å². The summed E-state index contributed by atoms with van der Waals surface area (Å²) >= 11 is 0. The second-order valence-corrected chi connectivity index (χ2v) is 8.44. The second kappa shape index (κ2) is 9.91. The summed E-state index contributed by atoms with van der Waals surface area (Å²) in [5, 5.41) is 15.7. The first-order chi connectivity index (χ1) is 17.5. The number of hydrogen-bond donors (Lipinski definition) is 0. The molecule has 3 aromatic carbocycles. The van der Waals surface area contributed by atoms with E-state index in [0.717, 1.165) is 28.4 Å². The van der Waals surface area contributed by atoms with Gasteiger partial charge in [0.2, 0.25) is 0 Å². The molecule has 0 bridgehead atoms. The van der Waals surface area contributed by atoms with E-state index in [1.165, 1.54) is 12.1 Å². The Kier molecular flexibility index (Phi) is 6.36. The normalized spacial score (nSPS) is 13.5. The van der Waals surface area contributed by atoms with Gasteiger partial charge < -0.3 is 14.5 Å². The maximum Gasteiger partial charge on any atom is 0.272 e. The lowest BCUT2D eigenvalue weighted by Gasteiger charge is -2.36. The van der Waals surface area contributed by atoms with Gasteiger partial charge in [0.1, 0.15) is 11.4 Å². The average molecular weight is 484 g/mol. The zero-order valence-corrected chi connectivity index (χ0v) is 19.8. The Morgan fingerprint density at radius 1 is 0.889 bits per heavy atom. The molecule has 9 nitrogen and oxygen atoms in total. The van der Waals surface area contributed by atoms with E-state index in [2.05, 4.69) is 4.90 Å². The van der Waals surface area contributed by atoms with Crippen molar-refractivity contribution in [3.05, 3.63) is 101 Å². The number of nitrogens with zero attached hydrogens (tertiary/aromatic N) is 5. The molecule has 1 saturated heterocycles. The fourth-order valence-corrected chi connectivity index (χ4v) is 4.32. The van der Waals surface area contributed by atoms with Crippen molar-refractivity contribution in [1.29, 1.82) is 0 Å². The summed E-state index contributed by atoms with van der Waals surface area (Å²) in [5.74, 6) is 0.633. The Bertz CT molecular complexity index is 1360. The summed E-state index contributed by atoms with van der Waals surface area (Å²) in [7, 11) is 1.61. The van der Waals surface area contributed by atoms with Gasteiger partial charge in [-0.15, -0.1) is 0 Å². The van der Waals surface area contributed by atoms with Crippen LogP contribution in [0.5, 0.6) is 5.75 Å². The van der Waals surface area contributed by atoms with E-state index in [0.29, 0.717) is 31.9 Å². The van der Waals surface area contributed by atoms with Gasteiger partial charge in [0, 0.05) is 49.6 Å². The molecule has 1 aliphatic heterocycles. The van der Waals surface area contributed by atoms with Crippen molar-refractivity contribution in [3.63, 3.8) is 0 Å². The van der Waals surface area contributed by atoms with E-state index in [1.54, 1.807) is 23.9 Å². The molecule has 1 aromatic heterocycles. The first-order valence-electron chi connectivity index (χ1n) is 11.6.